The Balaban J connectivity index is 2.64. The largest absolute Gasteiger partial charge is 0.319 e. The van der Waals surface area contributed by atoms with Crippen molar-refractivity contribution in [3.05, 3.63) is 0 Å². The minimum atomic E-state index is -3.08. The van der Waals surface area contributed by atoms with E-state index >= 15 is 0 Å². The Hall–Kier alpha value is -0.130. The fourth-order valence-corrected chi connectivity index (χ4v) is 3.89. The first-order valence-electron chi connectivity index (χ1n) is 6.09. The van der Waals surface area contributed by atoms with E-state index in [1.165, 1.54) is 6.42 Å². The summed E-state index contributed by atoms with van der Waals surface area (Å²) in [6.07, 6.45) is 4.55. The first-order chi connectivity index (χ1) is 7.49. The zero-order valence-electron chi connectivity index (χ0n) is 10.6. The summed E-state index contributed by atoms with van der Waals surface area (Å²) < 4.78 is 25.6. The van der Waals surface area contributed by atoms with Gasteiger partial charge in [-0.05, 0) is 25.8 Å². The van der Waals surface area contributed by atoms with Crippen molar-refractivity contribution in [1.29, 1.82) is 0 Å². The van der Waals surface area contributed by atoms with Crippen LogP contribution in [0.3, 0.4) is 0 Å². The molecule has 5 heteroatoms. The Morgan fingerprint density at radius 1 is 1.31 bits per heavy atom. The van der Waals surface area contributed by atoms with Crippen LogP contribution in [0, 0.1) is 5.92 Å². The van der Waals surface area contributed by atoms with E-state index < -0.39 is 10.0 Å². The Kier molecular flexibility index (Phi) is 5.21. The molecule has 0 heterocycles. The second-order valence-corrected chi connectivity index (χ2v) is 6.91. The van der Waals surface area contributed by atoms with Gasteiger partial charge in [0.15, 0.2) is 0 Å². The molecular weight excluding hydrogens is 224 g/mol. The third-order valence-corrected chi connectivity index (χ3v) is 5.45. The first kappa shape index (κ1) is 13.9. The van der Waals surface area contributed by atoms with Crippen molar-refractivity contribution in [2.45, 2.75) is 38.6 Å². The second kappa shape index (κ2) is 5.98. The van der Waals surface area contributed by atoms with Gasteiger partial charge in [0, 0.05) is 19.6 Å². The Morgan fingerprint density at radius 3 is 2.50 bits per heavy atom. The summed E-state index contributed by atoms with van der Waals surface area (Å²) in [5.41, 5.74) is 0. The molecule has 16 heavy (non-hydrogen) atoms. The van der Waals surface area contributed by atoms with Crippen LogP contribution in [0.15, 0.2) is 0 Å². The molecule has 1 N–H and O–H groups in total. The number of hydrogen-bond donors (Lipinski definition) is 1. The molecule has 0 spiro atoms. The van der Waals surface area contributed by atoms with Gasteiger partial charge in [-0.15, -0.1) is 0 Å². The van der Waals surface area contributed by atoms with E-state index in [4.69, 9.17) is 0 Å². The summed E-state index contributed by atoms with van der Waals surface area (Å²) in [4.78, 5) is 0. The van der Waals surface area contributed by atoms with E-state index in [1.807, 2.05) is 0 Å². The molecule has 0 amide bonds. The molecule has 1 aliphatic carbocycles. The smallest absolute Gasteiger partial charge is 0.215 e. The SMILES string of the molecule is CNCCS(=O)(=O)N(C)C1CCCCC1C. The van der Waals surface area contributed by atoms with Crippen LogP contribution in [-0.2, 0) is 10.0 Å². The fourth-order valence-electron chi connectivity index (χ4n) is 2.42. The van der Waals surface area contributed by atoms with Crippen LogP contribution in [0.1, 0.15) is 32.6 Å². The van der Waals surface area contributed by atoms with E-state index in [0.717, 1.165) is 19.3 Å². The zero-order valence-corrected chi connectivity index (χ0v) is 11.4. The number of nitrogens with one attached hydrogen (secondary N) is 1. The highest BCUT2D eigenvalue weighted by Crippen LogP contribution is 2.28. The van der Waals surface area contributed by atoms with Crippen LogP contribution in [0.2, 0.25) is 0 Å². The van der Waals surface area contributed by atoms with Crippen molar-refractivity contribution >= 4 is 10.0 Å². The van der Waals surface area contributed by atoms with Gasteiger partial charge in [-0.1, -0.05) is 19.8 Å². The summed E-state index contributed by atoms with van der Waals surface area (Å²) in [6, 6.07) is 0.204. The van der Waals surface area contributed by atoms with E-state index in [-0.39, 0.29) is 11.8 Å². The zero-order chi connectivity index (χ0) is 12.2. The van der Waals surface area contributed by atoms with Gasteiger partial charge < -0.3 is 5.32 Å². The van der Waals surface area contributed by atoms with Gasteiger partial charge >= 0.3 is 0 Å². The maximum Gasteiger partial charge on any atom is 0.215 e. The molecule has 0 bridgehead atoms. The second-order valence-electron chi connectivity index (χ2n) is 4.76. The number of hydrogen-bond acceptors (Lipinski definition) is 3. The third kappa shape index (κ3) is 3.43. The van der Waals surface area contributed by atoms with Gasteiger partial charge in [-0.2, -0.15) is 0 Å². The van der Waals surface area contributed by atoms with Gasteiger partial charge in [0.2, 0.25) is 10.0 Å². The van der Waals surface area contributed by atoms with E-state index in [0.29, 0.717) is 12.5 Å². The van der Waals surface area contributed by atoms with Crippen molar-refractivity contribution in [2.75, 3.05) is 26.4 Å². The van der Waals surface area contributed by atoms with Crippen molar-refractivity contribution in [3.8, 4) is 0 Å². The molecule has 4 nitrogen and oxygen atoms in total. The Bertz CT molecular complexity index is 303. The molecule has 0 aromatic carbocycles. The maximum atomic E-state index is 12.0. The normalized spacial score (nSPS) is 27.2. The van der Waals surface area contributed by atoms with E-state index in [9.17, 15) is 8.42 Å². The molecule has 0 aliphatic heterocycles. The van der Waals surface area contributed by atoms with Crippen LogP contribution < -0.4 is 5.32 Å². The number of nitrogens with zero attached hydrogens (tertiary/aromatic N) is 1. The average Bonchev–Trinajstić information content (AvgIpc) is 2.26. The van der Waals surface area contributed by atoms with Gasteiger partial charge in [0.1, 0.15) is 0 Å². The molecule has 1 fully saturated rings. The van der Waals surface area contributed by atoms with Crippen molar-refractivity contribution in [3.63, 3.8) is 0 Å². The standard InChI is InChI=1S/C11H24N2O2S/c1-10-6-4-5-7-11(10)13(3)16(14,15)9-8-12-2/h10-12H,4-9H2,1-3H3. The lowest BCUT2D eigenvalue weighted by atomic mass is 9.86. The van der Waals surface area contributed by atoms with Crippen LogP contribution >= 0.6 is 0 Å². The minimum Gasteiger partial charge on any atom is -0.319 e. The Labute approximate surface area is 99.5 Å². The first-order valence-corrected chi connectivity index (χ1v) is 7.70. The van der Waals surface area contributed by atoms with Crippen LogP contribution in [0.5, 0.6) is 0 Å². The number of rotatable bonds is 5. The van der Waals surface area contributed by atoms with Crippen molar-refractivity contribution in [1.82, 2.24) is 9.62 Å². The molecule has 2 unspecified atom stereocenters. The quantitative estimate of drug-likeness (QED) is 0.791. The summed E-state index contributed by atoms with van der Waals surface area (Å²) in [5, 5.41) is 2.89. The van der Waals surface area contributed by atoms with Gasteiger partial charge in [0.05, 0.1) is 5.75 Å². The molecule has 1 rings (SSSR count). The van der Waals surface area contributed by atoms with Crippen LogP contribution in [0.25, 0.3) is 0 Å². The molecule has 0 aromatic heterocycles. The molecule has 0 saturated heterocycles. The van der Waals surface area contributed by atoms with Crippen LogP contribution in [0.4, 0.5) is 0 Å². The Morgan fingerprint density at radius 2 is 1.94 bits per heavy atom. The van der Waals surface area contributed by atoms with Gasteiger partial charge in [-0.3, -0.25) is 0 Å². The molecule has 96 valence electrons. The average molecular weight is 248 g/mol. The predicted molar refractivity (Wildman–Crippen MR) is 66.9 cm³/mol. The molecular formula is C11H24N2O2S. The van der Waals surface area contributed by atoms with E-state index in [2.05, 4.69) is 12.2 Å². The highest BCUT2D eigenvalue weighted by molar-refractivity contribution is 7.89. The number of sulfonamides is 1. The van der Waals surface area contributed by atoms with Crippen molar-refractivity contribution < 1.29 is 8.42 Å². The molecule has 2 atom stereocenters. The van der Waals surface area contributed by atoms with E-state index in [1.54, 1.807) is 18.4 Å². The predicted octanol–water partition coefficient (Wildman–Crippen LogP) is 1.05. The molecule has 1 saturated carbocycles. The summed E-state index contributed by atoms with van der Waals surface area (Å²) in [5.74, 6) is 0.687. The maximum absolute atomic E-state index is 12.0. The summed E-state index contributed by atoms with van der Waals surface area (Å²) >= 11 is 0. The van der Waals surface area contributed by atoms with Gasteiger partial charge in [0.25, 0.3) is 0 Å². The topological polar surface area (TPSA) is 49.4 Å². The highest BCUT2D eigenvalue weighted by Gasteiger charge is 2.31. The third-order valence-electron chi connectivity index (χ3n) is 3.58. The monoisotopic (exact) mass is 248 g/mol. The summed E-state index contributed by atoms with van der Waals surface area (Å²) in [6.45, 7) is 2.68. The summed E-state index contributed by atoms with van der Waals surface area (Å²) in [7, 11) is 0.426. The molecule has 0 radical (unpaired) electrons. The van der Waals surface area contributed by atoms with Crippen LogP contribution in [-0.4, -0.2) is 45.2 Å². The minimum absolute atomic E-state index is 0.198. The van der Waals surface area contributed by atoms with Gasteiger partial charge in [-0.25, -0.2) is 12.7 Å². The highest BCUT2D eigenvalue weighted by atomic mass is 32.2. The molecule has 1 aliphatic rings. The van der Waals surface area contributed by atoms with Crippen molar-refractivity contribution in [2.24, 2.45) is 5.92 Å². The lowest BCUT2D eigenvalue weighted by Crippen LogP contribution is -2.44. The molecule has 0 aromatic rings. The lowest BCUT2D eigenvalue weighted by Gasteiger charge is -2.35. The lowest BCUT2D eigenvalue weighted by molar-refractivity contribution is 0.213. The fraction of sp³-hybridized carbons (Fsp3) is 1.00.